The molecule has 8 nitrogen and oxygen atoms in total. The van der Waals surface area contributed by atoms with Crippen LogP contribution >= 0.6 is 0 Å². The molecule has 1 saturated heterocycles. The average molecular weight is 428 g/mol. The van der Waals surface area contributed by atoms with Gasteiger partial charge in [-0.25, -0.2) is 8.42 Å². The Morgan fingerprint density at radius 2 is 1.57 bits per heavy atom. The van der Waals surface area contributed by atoms with E-state index in [-0.39, 0.29) is 21.2 Å². The average Bonchev–Trinajstić information content (AvgIpc) is 2.99. The van der Waals surface area contributed by atoms with E-state index in [1.807, 2.05) is 6.92 Å². The molecule has 0 radical (unpaired) electrons. The Morgan fingerprint density at radius 1 is 0.964 bits per heavy atom. The quantitative estimate of drug-likeness (QED) is 0.702. The maximum absolute atomic E-state index is 13.1. The standard InChI is InChI=1S/C18H25N3O5S2/c1-4-26-16-8-10-17(11-9-16)27(22,23)21-15(3)18(14(2)19-21)28(24,25)20-12-6-5-7-13-20/h8-11H,4-7,12-13H2,1-3H3. The summed E-state index contributed by atoms with van der Waals surface area (Å²) in [6.07, 6.45) is 2.60. The van der Waals surface area contributed by atoms with Gasteiger partial charge in [-0.15, -0.1) is 0 Å². The summed E-state index contributed by atoms with van der Waals surface area (Å²) in [5.41, 5.74) is 0.273. The Labute approximate surface area is 166 Å². The number of aryl methyl sites for hydroxylation is 1. The van der Waals surface area contributed by atoms with Crippen molar-refractivity contribution in [3.05, 3.63) is 35.7 Å². The highest BCUT2D eigenvalue weighted by Gasteiger charge is 2.34. The molecule has 3 rings (SSSR count). The first-order valence-corrected chi connectivity index (χ1v) is 12.1. The summed E-state index contributed by atoms with van der Waals surface area (Å²) in [5.74, 6) is 0.559. The summed E-state index contributed by atoms with van der Waals surface area (Å²) < 4.78 is 59.8. The minimum atomic E-state index is -4.03. The molecular formula is C18H25N3O5S2. The first kappa shape index (κ1) is 20.8. The van der Waals surface area contributed by atoms with Gasteiger partial charge < -0.3 is 4.74 Å². The van der Waals surface area contributed by atoms with Crippen molar-refractivity contribution in [2.24, 2.45) is 0 Å². The molecule has 0 saturated carbocycles. The Bertz CT molecular complexity index is 1050. The van der Waals surface area contributed by atoms with Crippen LogP contribution in [0.2, 0.25) is 0 Å². The van der Waals surface area contributed by atoms with Crippen LogP contribution in [-0.2, 0) is 20.0 Å². The number of hydrogen-bond donors (Lipinski definition) is 0. The molecule has 0 N–H and O–H groups in total. The van der Waals surface area contributed by atoms with Crippen molar-refractivity contribution in [1.82, 2.24) is 13.5 Å². The van der Waals surface area contributed by atoms with Crippen molar-refractivity contribution in [3.8, 4) is 5.75 Å². The predicted molar refractivity (Wildman–Crippen MR) is 105 cm³/mol. The smallest absolute Gasteiger partial charge is 0.283 e. The molecule has 0 unspecified atom stereocenters. The van der Waals surface area contributed by atoms with E-state index in [9.17, 15) is 16.8 Å². The van der Waals surface area contributed by atoms with E-state index < -0.39 is 20.0 Å². The highest BCUT2D eigenvalue weighted by Crippen LogP contribution is 2.28. The lowest BCUT2D eigenvalue weighted by Gasteiger charge is -2.25. The van der Waals surface area contributed by atoms with Crippen molar-refractivity contribution in [3.63, 3.8) is 0 Å². The van der Waals surface area contributed by atoms with Crippen molar-refractivity contribution in [2.45, 2.75) is 49.8 Å². The number of nitrogens with zero attached hydrogens (tertiary/aromatic N) is 3. The van der Waals surface area contributed by atoms with E-state index in [0.717, 1.165) is 23.3 Å². The lowest BCUT2D eigenvalue weighted by molar-refractivity contribution is 0.340. The van der Waals surface area contributed by atoms with Gasteiger partial charge >= 0.3 is 0 Å². The summed E-state index contributed by atoms with van der Waals surface area (Å²) in [4.78, 5) is -0.00705. The SMILES string of the molecule is CCOc1ccc(S(=O)(=O)n2nc(C)c(S(=O)(=O)N3CCCCC3)c2C)cc1. The fourth-order valence-electron chi connectivity index (χ4n) is 3.42. The van der Waals surface area contributed by atoms with Crippen LogP contribution in [0.25, 0.3) is 0 Å². The Kier molecular flexibility index (Phi) is 5.83. The van der Waals surface area contributed by atoms with Gasteiger partial charge in [0.15, 0.2) is 0 Å². The van der Waals surface area contributed by atoms with Crippen LogP contribution in [0.15, 0.2) is 34.1 Å². The summed E-state index contributed by atoms with van der Waals surface area (Å²) >= 11 is 0. The van der Waals surface area contributed by atoms with E-state index in [2.05, 4.69) is 5.10 Å². The first-order chi connectivity index (χ1) is 13.2. The molecule has 1 aromatic heterocycles. The topological polar surface area (TPSA) is 98.6 Å². The van der Waals surface area contributed by atoms with Crippen molar-refractivity contribution >= 4 is 20.0 Å². The minimum Gasteiger partial charge on any atom is -0.494 e. The lowest BCUT2D eigenvalue weighted by atomic mass is 10.2. The molecule has 1 fully saturated rings. The Balaban J connectivity index is 2.03. The zero-order chi connectivity index (χ0) is 20.5. The lowest BCUT2D eigenvalue weighted by Crippen LogP contribution is -2.36. The van der Waals surface area contributed by atoms with Gasteiger partial charge in [0.25, 0.3) is 10.0 Å². The van der Waals surface area contributed by atoms with E-state index in [0.29, 0.717) is 25.4 Å². The maximum Gasteiger partial charge on any atom is 0.283 e. The second kappa shape index (κ2) is 7.84. The Morgan fingerprint density at radius 3 is 2.14 bits per heavy atom. The second-order valence-electron chi connectivity index (χ2n) is 6.72. The molecule has 28 heavy (non-hydrogen) atoms. The second-order valence-corrected chi connectivity index (χ2v) is 10.4. The highest BCUT2D eigenvalue weighted by molar-refractivity contribution is 7.90. The van der Waals surface area contributed by atoms with E-state index in [4.69, 9.17) is 4.74 Å². The normalized spacial score (nSPS) is 16.2. The zero-order valence-electron chi connectivity index (χ0n) is 16.3. The van der Waals surface area contributed by atoms with Gasteiger partial charge in [0.05, 0.1) is 22.9 Å². The van der Waals surface area contributed by atoms with Gasteiger partial charge in [0.2, 0.25) is 10.0 Å². The fraction of sp³-hybridized carbons (Fsp3) is 0.500. The number of hydrogen-bond acceptors (Lipinski definition) is 6. The van der Waals surface area contributed by atoms with Crippen LogP contribution in [0.5, 0.6) is 5.75 Å². The largest absolute Gasteiger partial charge is 0.494 e. The molecule has 0 atom stereocenters. The van der Waals surface area contributed by atoms with Gasteiger partial charge in [0.1, 0.15) is 10.6 Å². The third-order valence-electron chi connectivity index (χ3n) is 4.76. The monoisotopic (exact) mass is 427 g/mol. The van der Waals surface area contributed by atoms with Crippen molar-refractivity contribution in [2.75, 3.05) is 19.7 Å². The number of aromatic nitrogens is 2. The molecular weight excluding hydrogens is 402 g/mol. The van der Waals surface area contributed by atoms with Crippen LogP contribution in [0.1, 0.15) is 37.6 Å². The molecule has 1 aromatic carbocycles. The van der Waals surface area contributed by atoms with Crippen LogP contribution in [0.4, 0.5) is 0 Å². The van der Waals surface area contributed by atoms with Gasteiger partial charge in [-0.2, -0.15) is 21.9 Å². The molecule has 2 aromatic rings. The maximum atomic E-state index is 13.1. The van der Waals surface area contributed by atoms with Crippen LogP contribution < -0.4 is 4.74 Å². The molecule has 1 aliphatic rings. The third kappa shape index (κ3) is 3.68. The van der Waals surface area contributed by atoms with Gasteiger partial charge in [-0.3, -0.25) is 0 Å². The van der Waals surface area contributed by atoms with E-state index in [1.165, 1.54) is 30.3 Å². The third-order valence-corrected chi connectivity index (χ3v) is 8.59. The molecule has 0 amide bonds. The van der Waals surface area contributed by atoms with Crippen LogP contribution in [0, 0.1) is 13.8 Å². The van der Waals surface area contributed by atoms with Crippen LogP contribution in [-0.4, -0.2) is 50.0 Å². The fourth-order valence-corrected chi connectivity index (χ4v) is 6.71. The van der Waals surface area contributed by atoms with Crippen molar-refractivity contribution in [1.29, 1.82) is 0 Å². The molecule has 154 valence electrons. The van der Waals surface area contributed by atoms with Crippen LogP contribution in [0.3, 0.4) is 0 Å². The molecule has 0 bridgehead atoms. The number of piperidine rings is 1. The van der Waals surface area contributed by atoms with Crippen molar-refractivity contribution < 1.29 is 21.6 Å². The van der Waals surface area contributed by atoms with E-state index in [1.54, 1.807) is 12.1 Å². The summed E-state index contributed by atoms with van der Waals surface area (Å²) in [7, 11) is -7.82. The molecule has 0 aliphatic carbocycles. The van der Waals surface area contributed by atoms with Gasteiger partial charge in [-0.1, -0.05) is 6.42 Å². The molecule has 2 heterocycles. The minimum absolute atomic E-state index is 0.0171. The Hall–Kier alpha value is -1.91. The summed E-state index contributed by atoms with van der Waals surface area (Å²) in [6, 6.07) is 5.98. The van der Waals surface area contributed by atoms with Gasteiger partial charge in [-0.05, 0) is 57.9 Å². The number of rotatable bonds is 6. The summed E-state index contributed by atoms with van der Waals surface area (Å²) in [5, 5.41) is 4.07. The molecule has 0 spiro atoms. The highest BCUT2D eigenvalue weighted by atomic mass is 32.2. The molecule has 10 heteroatoms. The zero-order valence-corrected chi connectivity index (χ0v) is 17.9. The number of ether oxygens (including phenoxy) is 1. The number of sulfonamides is 1. The number of benzene rings is 1. The predicted octanol–water partition coefficient (Wildman–Crippen LogP) is 2.31. The first-order valence-electron chi connectivity index (χ1n) is 9.24. The molecule has 1 aliphatic heterocycles. The summed E-state index contributed by atoms with van der Waals surface area (Å²) in [6.45, 7) is 6.19. The van der Waals surface area contributed by atoms with Gasteiger partial charge in [0, 0.05) is 13.1 Å². The van der Waals surface area contributed by atoms with E-state index >= 15 is 0 Å².